The molecule has 2 aromatic heterocycles. The molecule has 0 spiro atoms. The quantitative estimate of drug-likeness (QED) is 0.805. The van der Waals surface area contributed by atoms with E-state index < -0.39 is 0 Å². The van der Waals surface area contributed by atoms with E-state index in [0.29, 0.717) is 38.8 Å². The Morgan fingerprint density at radius 2 is 2.11 bits per heavy atom. The standard InChI is InChI=1S/C20H27N3O3S/c1-14(2)12-22-6-11-26-16(13-22)17-15-4-3-5-21-19(15)27-18(17)20(24)23-7-9-25-10-8-23/h3-5,14,16H,6-13H2,1-2H3/t16-/m1/s1. The van der Waals surface area contributed by atoms with Gasteiger partial charge in [-0.15, -0.1) is 11.3 Å². The SMILES string of the molecule is CC(C)CN1CCO[C@@H](c2c(C(=O)N3CCOCC3)sc3ncccc23)C1. The van der Waals surface area contributed by atoms with Crippen LogP contribution in [0.5, 0.6) is 0 Å². The van der Waals surface area contributed by atoms with Crippen LogP contribution in [0, 0.1) is 5.92 Å². The highest BCUT2D eigenvalue weighted by atomic mass is 32.1. The highest BCUT2D eigenvalue weighted by Crippen LogP contribution is 2.38. The summed E-state index contributed by atoms with van der Waals surface area (Å²) in [6.45, 7) is 10.5. The van der Waals surface area contributed by atoms with E-state index >= 15 is 0 Å². The molecule has 6 nitrogen and oxygen atoms in total. The highest BCUT2D eigenvalue weighted by molar-refractivity contribution is 7.20. The van der Waals surface area contributed by atoms with Gasteiger partial charge in [-0.25, -0.2) is 4.98 Å². The number of morpholine rings is 2. The molecule has 1 atom stereocenters. The molecule has 0 aliphatic carbocycles. The first kappa shape index (κ1) is 18.8. The van der Waals surface area contributed by atoms with Crippen molar-refractivity contribution < 1.29 is 14.3 Å². The van der Waals surface area contributed by atoms with Gasteiger partial charge in [-0.3, -0.25) is 9.69 Å². The molecule has 0 saturated carbocycles. The van der Waals surface area contributed by atoms with E-state index in [4.69, 9.17) is 9.47 Å². The van der Waals surface area contributed by atoms with Gasteiger partial charge in [0.2, 0.25) is 0 Å². The summed E-state index contributed by atoms with van der Waals surface area (Å²) in [4.78, 5) is 23.8. The zero-order valence-corrected chi connectivity index (χ0v) is 16.8. The second-order valence-electron chi connectivity index (χ2n) is 7.62. The first-order valence-corrected chi connectivity index (χ1v) is 10.5. The summed E-state index contributed by atoms with van der Waals surface area (Å²) in [5.74, 6) is 0.694. The smallest absolute Gasteiger partial charge is 0.264 e. The van der Waals surface area contributed by atoms with Gasteiger partial charge in [-0.2, -0.15) is 0 Å². The average Bonchev–Trinajstić information content (AvgIpc) is 3.07. The van der Waals surface area contributed by atoms with Crippen molar-refractivity contribution in [3.8, 4) is 0 Å². The fourth-order valence-electron chi connectivity index (χ4n) is 3.90. The lowest BCUT2D eigenvalue weighted by Gasteiger charge is -2.34. The van der Waals surface area contributed by atoms with Crippen LogP contribution in [-0.4, -0.2) is 73.2 Å². The van der Waals surface area contributed by atoms with Crippen LogP contribution in [-0.2, 0) is 9.47 Å². The molecule has 2 aliphatic heterocycles. The van der Waals surface area contributed by atoms with E-state index in [1.54, 1.807) is 6.20 Å². The molecule has 2 saturated heterocycles. The Morgan fingerprint density at radius 3 is 2.89 bits per heavy atom. The minimum Gasteiger partial charge on any atom is -0.378 e. The van der Waals surface area contributed by atoms with Crippen molar-refractivity contribution in [1.82, 2.24) is 14.8 Å². The number of carbonyl (C=O) groups excluding carboxylic acids is 1. The third kappa shape index (κ3) is 4.01. The van der Waals surface area contributed by atoms with Gasteiger partial charge in [0, 0.05) is 49.9 Å². The Balaban J connectivity index is 1.68. The molecule has 2 aliphatic rings. The van der Waals surface area contributed by atoms with Gasteiger partial charge in [0.25, 0.3) is 5.91 Å². The predicted octanol–water partition coefficient (Wildman–Crippen LogP) is 2.80. The lowest BCUT2D eigenvalue weighted by atomic mass is 10.0. The highest BCUT2D eigenvalue weighted by Gasteiger charge is 2.32. The summed E-state index contributed by atoms with van der Waals surface area (Å²) in [6.07, 6.45) is 1.70. The Bertz CT molecular complexity index is 801. The molecule has 7 heteroatoms. The molecule has 0 aromatic carbocycles. The van der Waals surface area contributed by atoms with Crippen LogP contribution in [0.4, 0.5) is 0 Å². The Morgan fingerprint density at radius 1 is 1.30 bits per heavy atom. The monoisotopic (exact) mass is 389 g/mol. The van der Waals surface area contributed by atoms with Crippen LogP contribution >= 0.6 is 11.3 Å². The van der Waals surface area contributed by atoms with Crippen LogP contribution in [0.25, 0.3) is 10.2 Å². The number of nitrogens with zero attached hydrogens (tertiary/aromatic N) is 3. The molecular weight excluding hydrogens is 362 g/mol. The number of ether oxygens (including phenoxy) is 2. The second-order valence-corrected chi connectivity index (χ2v) is 8.62. The molecule has 0 N–H and O–H groups in total. The summed E-state index contributed by atoms with van der Waals surface area (Å²) >= 11 is 1.49. The van der Waals surface area contributed by atoms with Crippen LogP contribution < -0.4 is 0 Å². The fraction of sp³-hybridized carbons (Fsp3) is 0.600. The van der Waals surface area contributed by atoms with Crippen LogP contribution in [0.3, 0.4) is 0 Å². The Kier molecular flexibility index (Phi) is 5.73. The summed E-state index contributed by atoms with van der Waals surface area (Å²) < 4.78 is 11.6. The Hall–Kier alpha value is -1.54. The van der Waals surface area contributed by atoms with E-state index in [-0.39, 0.29) is 12.0 Å². The average molecular weight is 390 g/mol. The molecular formula is C20H27N3O3S. The molecule has 0 unspecified atom stereocenters. The lowest BCUT2D eigenvalue weighted by molar-refractivity contribution is -0.0328. The van der Waals surface area contributed by atoms with Gasteiger partial charge in [0.1, 0.15) is 9.71 Å². The molecule has 4 heterocycles. The van der Waals surface area contributed by atoms with Crippen molar-refractivity contribution >= 4 is 27.5 Å². The van der Waals surface area contributed by atoms with Crippen molar-refractivity contribution in [2.24, 2.45) is 5.92 Å². The van der Waals surface area contributed by atoms with E-state index in [1.165, 1.54) is 11.3 Å². The molecule has 27 heavy (non-hydrogen) atoms. The van der Waals surface area contributed by atoms with Crippen molar-refractivity contribution in [3.63, 3.8) is 0 Å². The van der Waals surface area contributed by atoms with Crippen molar-refractivity contribution in [1.29, 1.82) is 0 Å². The van der Waals surface area contributed by atoms with E-state index in [2.05, 4.69) is 29.8 Å². The second kappa shape index (κ2) is 8.22. The van der Waals surface area contributed by atoms with Crippen LogP contribution in [0.2, 0.25) is 0 Å². The normalized spacial score (nSPS) is 21.9. The van der Waals surface area contributed by atoms with Gasteiger partial charge in [-0.1, -0.05) is 19.9 Å². The number of hydrogen-bond donors (Lipinski definition) is 0. The largest absolute Gasteiger partial charge is 0.378 e. The minimum atomic E-state index is -0.0876. The number of pyridine rings is 1. The summed E-state index contributed by atoms with van der Waals surface area (Å²) in [7, 11) is 0. The van der Waals surface area contributed by atoms with Gasteiger partial charge in [0.15, 0.2) is 0 Å². The predicted molar refractivity (Wildman–Crippen MR) is 106 cm³/mol. The molecule has 0 radical (unpaired) electrons. The molecule has 4 rings (SSSR count). The maximum atomic E-state index is 13.3. The van der Waals surface area contributed by atoms with Crippen molar-refractivity contribution in [2.75, 3.05) is 52.5 Å². The molecule has 146 valence electrons. The minimum absolute atomic E-state index is 0.0842. The van der Waals surface area contributed by atoms with Gasteiger partial charge < -0.3 is 14.4 Å². The van der Waals surface area contributed by atoms with E-state index in [1.807, 2.05) is 11.0 Å². The van der Waals surface area contributed by atoms with Gasteiger partial charge in [-0.05, 0) is 12.0 Å². The summed E-state index contributed by atoms with van der Waals surface area (Å²) in [5.41, 5.74) is 1.02. The maximum Gasteiger partial charge on any atom is 0.264 e. The number of fused-ring (bicyclic) bond motifs is 1. The first-order chi connectivity index (χ1) is 13.1. The summed E-state index contributed by atoms with van der Waals surface area (Å²) in [5, 5.41) is 1.05. The molecule has 2 fully saturated rings. The fourth-order valence-corrected chi connectivity index (χ4v) is 5.06. The van der Waals surface area contributed by atoms with E-state index in [0.717, 1.165) is 40.3 Å². The lowest BCUT2D eigenvalue weighted by Crippen LogP contribution is -2.42. The molecule has 2 aromatic rings. The zero-order chi connectivity index (χ0) is 18.8. The Labute approximate surface area is 164 Å². The third-order valence-corrected chi connectivity index (χ3v) is 6.21. The summed E-state index contributed by atoms with van der Waals surface area (Å²) in [6, 6.07) is 4.01. The van der Waals surface area contributed by atoms with Gasteiger partial charge in [0.05, 0.1) is 25.9 Å². The number of rotatable bonds is 4. The number of carbonyl (C=O) groups is 1. The van der Waals surface area contributed by atoms with Crippen molar-refractivity contribution in [3.05, 3.63) is 28.8 Å². The molecule has 0 bridgehead atoms. The maximum absolute atomic E-state index is 13.3. The number of thiophene rings is 1. The zero-order valence-electron chi connectivity index (χ0n) is 16.0. The topological polar surface area (TPSA) is 54.9 Å². The van der Waals surface area contributed by atoms with Crippen LogP contribution in [0.15, 0.2) is 18.3 Å². The van der Waals surface area contributed by atoms with E-state index in [9.17, 15) is 4.79 Å². The number of amides is 1. The number of aromatic nitrogens is 1. The number of hydrogen-bond acceptors (Lipinski definition) is 6. The third-order valence-electron chi connectivity index (χ3n) is 5.09. The van der Waals surface area contributed by atoms with Crippen LogP contribution in [0.1, 0.15) is 35.2 Å². The van der Waals surface area contributed by atoms with Crippen molar-refractivity contribution in [2.45, 2.75) is 20.0 Å². The van der Waals surface area contributed by atoms with Gasteiger partial charge >= 0.3 is 0 Å². The molecule has 1 amide bonds. The first-order valence-electron chi connectivity index (χ1n) is 9.72.